The highest BCUT2D eigenvalue weighted by molar-refractivity contribution is 5.96. The van der Waals surface area contributed by atoms with E-state index in [1.807, 2.05) is 0 Å². The second kappa shape index (κ2) is 14.8. The van der Waals surface area contributed by atoms with Gasteiger partial charge in [-0.2, -0.15) is 0 Å². The maximum absolute atomic E-state index is 11.6. The number of hydrogen-bond donors (Lipinski definition) is 3. The van der Waals surface area contributed by atoms with Crippen molar-refractivity contribution < 1.29 is 29.6 Å². The van der Waals surface area contributed by atoms with Crippen molar-refractivity contribution in [2.75, 3.05) is 13.2 Å². The number of carboxylic acids is 1. The van der Waals surface area contributed by atoms with Crippen LogP contribution in [0.4, 0.5) is 0 Å². The van der Waals surface area contributed by atoms with Gasteiger partial charge in [-0.3, -0.25) is 0 Å². The van der Waals surface area contributed by atoms with E-state index >= 15 is 0 Å². The molecule has 0 saturated heterocycles. The second-order valence-electron chi connectivity index (χ2n) is 7.48. The molecule has 0 aliphatic heterocycles. The Kier molecular flexibility index (Phi) is 12.7. The van der Waals surface area contributed by atoms with Crippen molar-refractivity contribution in [3.8, 4) is 23.0 Å². The van der Waals surface area contributed by atoms with E-state index in [0.29, 0.717) is 13.2 Å². The molecule has 0 unspecified atom stereocenters. The Labute approximate surface area is 174 Å². The first-order chi connectivity index (χ1) is 14.0. The molecule has 1 rings (SSSR count). The fourth-order valence-electron chi connectivity index (χ4n) is 3.19. The highest BCUT2D eigenvalue weighted by Crippen LogP contribution is 2.43. The molecule has 166 valence electrons. The fourth-order valence-corrected chi connectivity index (χ4v) is 3.19. The van der Waals surface area contributed by atoms with Gasteiger partial charge in [-0.25, -0.2) is 4.79 Å². The van der Waals surface area contributed by atoms with Crippen molar-refractivity contribution in [2.24, 2.45) is 0 Å². The highest BCUT2D eigenvalue weighted by Gasteiger charge is 2.25. The van der Waals surface area contributed by atoms with E-state index in [-0.39, 0.29) is 11.5 Å². The summed E-state index contributed by atoms with van der Waals surface area (Å²) < 4.78 is 11.4. The average molecular weight is 411 g/mol. The van der Waals surface area contributed by atoms with Gasteiger partial charge in [0.15, 0.2) is 28.6 Å². The number of benzene rings is 1. The number of ether oxygens (including phenoxy) is 2. The molecule has 3 N–H and O–H groups in total. The number of aromatic carboxylic acids is 1. The zero-order chi connectivity index (χ0) is 21.5. The Hall–Kier alpha value is -2.11. The van der Waals surface area contributed by atoms with Crippen LogP contribution in [0.2, 0.25) is 0 Å². The predicted octanol–water partition coefficient (Wildman–Crippen LogP) is 6.27. The van der Waals surface area contributed by atoms with Crippen LogP contribution < -0.4 is 9.47 Å². The number of unbranched alkanes of at least 4 members (excludes halogenated alkanes) is 10. The van der Waals surface area contributed by atoms with E-state index in [9.17, 15) is 20.1 Å². The number of phenolic OH excluding ortho intramolecular Hbond substituents is 1. The smallest absolute Gasteiger partial charge is 0.343 e. The number of aromatic hydroxyl groups is 2. The van der Waals surface area contributed by atoms with Crippen LogP contribution in [0.3, 0.4) is 0 Å². The molecular weight excluding hydrogens is 372 g/mol. The van der Waals surface area contributed by atoms with Crippen molar-refractivity contribution in [2.45, 2.75) is 90.9 Å². The summed E-state index contributed by atoms with van der Waals surface area (Å²) in [6, 6.07) is 1.23. The summed E-state index contributed by atoms with van der Waals surface area (Å²) in [5.41, 5.74) is -0.450. The molecule has 6 nitrogen and oxygen atoms in total. The lowest BCUT2D eigenvalue weighted by Crippen LogP contribution is -2.08. The van der Waals surface area contributed by atoms with Gasteiger partial charge in [0.2, 0.25) is 0 Å². The predicted molar refractivity (Wildman–Crippen MR) is 114 cm³/mol. The lowest BCUT2D eigenvalue weighted by molar-refractivity contribution is 0.0686. The zero-order valence-corrected chi connectivity index (χ0v) is 18.0. The number of rotatable bonds is 17. The molecule has 0 amide bonds. The minimum Gasteiger partial charge on any atom is -0.504 e. The Morgan fingerprint density at radius 1 is 0.793 bits per heavy atom. The van der Waals surface area contributed by atoms with Crippen LogP contribution in [-0.2, 0) is 0 Å². The third kappa shape index (κ3) is 9.29. The number of hydrogen-bond acceptors (Lipinski definition) is 5. The Bertz CT molecular complexity index is 600. The van der Waals surface area contributed by atoms with Crippen LogP contribution in [0.1, 0.15) is 101 Å². The van der Waals surface area contributed by atoms with Crippen molar-refractivity contribution in [3.63, 3.8) is 0 Å². The largest absolute Gasteiger partial charge is 0.504 e. The van der Waals surface area contributed by atoms with Gasteiger partial charge in [-0.05, 0) is 12.8 Å². The van der Waals surface area contributed by atoms with Gasteiger partial charge in [-0.15, -0.1) is 0 Å². The maximum Gasteiger partial charge on any atom is 0.343 e. The minimum absolute atomic E-state index is 0.00709. The molecule has 1 aromatic carbocycles. The molecular formula is C23H38O6. The average Bonchev–Trinajstić information content (AvgIpc) is 2.69. The molecule has 0 saturated carbocycles. The van der Waals surface area contributed by atoms with Gasteiger partial charge in [0, 0.05) is 6.07 Å². The molecule has 0 spiro atoms. The maximum atomic E-state index is 11.6. The summed E-state index contributed by atoms with van der Waals surface area (Å²) in [6.07, 6.45) is 13.1. The van der Waals surface area contributed by atoms with E-state index in [0.717, 1.165) is 38.5 Å². The van der Waals surface area contributed by atoms with Crippen LogP contribution in [0.15, 0.2) is 6.07 Å². The van der Waals surface area contributed by atoms with Crippen molar-refractivity contribution in [1.29, 1.82) is 0 Å². The minimum atomic E-state index is -1.36. The molecule has 0 aliphatic carbocycles. The van der Waals surface area contributed by atoms with E-state index in [4.69, 9.17) is 9.47 Å². The van der Waals surface area contributed by atoms with Crippen LogP contribution in [0, 0.1) is 0 Å². The van der Waals surface area contributed by atoms with Gasteiger partial charge >= 0.3 is 5.97 Å². The molecule has 0 radical (unpaired) electrons. The van der Waals surface area contributed by atoms with Gasteiger partial charge < -0.3 is 24.8 Å². The Morgan fingerprint density at radius 2 is 1.28 bits per heavy atom. The Morgan fingerprint density at radius 3 is 1.79 bits per heavy atom. The molecule has 1 aromatic rings. The van der Waals surface area contributed by atoms with Crippen molar-refractivity contribution in [1.82, 2.24) is 0 Å². The van der Waals surface area contributed by atoms with E-state index in [1.165, 1.54) is 44.6 Å². The van der Waals surface area contributed by atoms with E-state index in [1.54, 1.807) is 0 Å². The molecule has 29 heavy (non-hydrogen) atoms. The van der Waals surface area contributed by atoms with Crippen LogP contribution in [0.25, 0.3) is 0 Å². The molecule has 0 bridgehead atoms. The van der Waals surface area contributed by atoms with Crippen molar-refractivity contribution >= 4 is 5.97 Å². The normalized spacial score (nSPS) is 10.8. The standard InChI is InChI=1S/C23H38O6/c1-3-5-7-9-11-13-15-28-19-17-18(24)21(25)20(23(26)27)22(19)29-16-14-12-10-8-6-4-2/h17,24-25H,3-16H2,1-2H3,(H,26,27). The zero-order valence-electron chi connectivity index (χ0n) is 18.0. The van der Waals surface area contributed by atoms with Crippen LogP contribution in [-0.4, -0.2) is 34.5 Å². The lowest BCUT2D eigenvalue weighted by Gasteiger charge is -2.17. The Balaban J connectivity index is 2.69. The summed E-state index contributed by atoms with van der Waals surface area (Å²) in [7, 11) is 0. The summed E-state index contributed by atoms with van der Waals surface area (Å²) in [5.74, 6) is -2.42. The molecule has 0 heterocycles. The van der Waals surface area contributed by atoms with Gasteiger partial charge in [-0.1, -0.05) is 78.1 Å². The van der Waals surface area contributed by atoms with Crippen molar-refractivity contribution in [3.05, 3.63) is 11.6 Å². The third-order valence-electron chi connectivity index (χ3n) is 4.91. The molecule has 0 atom stereocenters. The highest BCUT2D eigenvalue weighted by atomic mass is 16.5. The van der Waals surface area contributed by atoms with E-state index < -0.39 is 23.0 Å². The monoisotopic (exact) mass is 410 g/mol. The number of phenols is 2. The van der Waals surface area contributed by atoms with E-state index in [2.05, 4.69) is 13.8 Å². The summed E-state index contributed by atoms with van der Waals surface area (Å²) in [5, 5.41) is 29.4. The van der Waals surface area contributed by atoms with Gasteiger partial charge in [0.05, 0.1) is 13.2 Å². The first kappa shape index (κ1) is 24.9. The lowest BCUT2D eigenvalue weighted by atomic mass is 10.1. The third-order valence-corrected chi connectivity index (χ3v) is 4.91. The SMILES string of the molecule is CCCCCCCCOc1cc(O)c(O)c(C(=O)O)c1OCCCCCCCC. The quantitative estimate of drug-likeness (QED) is 0.207. The fraction of sp³-hybridized carbons (Fsp3) is 0.696. The molecule has 0 aromatic heterocycles. The summed E-state index contributed by atoms with van der Waals surface area (Å²) in [6.45, 7) is 5.08. The first-order valence-electron chi connectivity index (χ1n) is 11.1. The first-order valence-corrected chi connectivity index (χ1v) is 11.1. The van der Waals surface area contributed by atoms with Gasteiger partial charge in [0.1, 0.15) is 0 Å². The molecule has 0 fully saturated rings. The molecule has 6 heteroatoms. The molecule has 0 aliphatic rings. The van der Waals surface area contributed by atoms with Crippen LogP contribution in [0.5, 0.6) is 23.0 Å². The van der Waals surface area contributed by atoms with Gasteiger partial charge in [0.25, 0.3) is 0 Å². The number of carboxylic acid groups (broad SMARTS) is 1. The second-order valence-corrected chi connectivity index (χ2v) is 7.48. The summed E-state index contributed by atoms with van der Waals surface area (Å²) >= 11 is 0. The summed E-state index contributed by atoms with van der Waals surface area (Å²) in [4.78, 5) is 11.6. The number of carbonyl (C=O) groups is 1. The van der Waals surface area contributed by atoms with Crippen LogP contribution >= 0.6 is 0 Å². The topological polar surface area (TPSA) is 96.2 Å².